The first kappa shape index (κ1) is 21.7. The topological polar surface area (TPSA) is 52.0 Å². The standard InChI is InChI=1S/C28H28N2O2/c1-16-7-9-22(18(3)11-16)26(31)25-15-30(14-24-19(4)12-17(2)13-20(24)5)28-23(27(25)32)10-8-21(6)29-28/h7-13,15H,14H2,1-6H3. The minimum absolute atomic E-state index is 0.178. The molecule has 2 heterocycles. The molecule has 0 aliphatic rings. The van der Waals surface area contributed by atoms with Crippen LogP contribution in [0.2, 0.25) is 0 Å². The Balaban J connectivity index is 1.95. The summed E-state index contributed by atoms with van der Waals surface area (Å²) in [7, 11) is 0. The number of aryl methyl sites for hydroxylation is 6. The molecule has 32 heavy (non-hydrogen) atoms. The molecule has 4 rings (SSSR count). The van der Waals surface area contributed by atoms with Crippen LogP contribution >= 0.6 is 0 Å². The molecular formula is C28H28N2O2. The number of carbonyl (C=O) groups is 1. The lowest BCUT2D eigenvalue weighted by Crippen LogP contribution is -2.22. The van der Waals surface area contributed by atoms with Crippen molar-refractivity contribution in [3.63, 3.8) is 0 Å². The van der Waals surface area contributed by atoms with Crippen molar-refractivity contribution < 1.29 is 4.79 Å². The summed E-state index contributed by atoms with van der Waals surface area (Å²) in [5, 5.41) is 0.466. The Kier molecular flexibility index (Phi) is 5.55. The second kappa shape index (κ2) is 8.19. The number of carbonyl (C=O) groups excluding carboxylic acids is 1. The molecule has 0 fully saturated rings. The van der Waals surface area contributed by atoms with Gasteiger partial charge in [0.25, 0.3) is 0 Å². The highest BCUT2D eigenvalue weighted by Crippen LogP contribution is 2.21. The molecule has 0 unspecified atom stereocenters. The number of nitrogens with zero attached hydrogens (tertiary/aromatic N) is 2. The van der Waals surface area contributed by atoms with E-state index in [9.17, 15) is 9.59 Å². The SMILES string of the molecule is Cc1ccc(C(=O)c2cn(Cc3c(C)cc(C)cc3C)c3nc(C)ccc3c2=O)c(C)c1. The zero-order valence-corrected chi connectivity index (χ0v) is 19.5. The average Bonchev–Trinajstić information content (AvgIpc) is 2.71. The molecule has 0 saturated heterocycles. The Labute approximate surface area is 188 Å². The van der Waals surface area contributed by atoms with Crippen molar-refractivity contribution in [2.75, 3.05) is 0 Å². The van der Waals surface area contributed by atoms with Crippen molar-refractivity contribution in [2.45, 2.75) is 48.1 Å². The quantitative estimate of drug-likeness (QED) is 0.405. The number of hydrogen-bond acceptors (Lipinski definition) is 3. The summed E-state index contributed by atoms with van der Waals surface area (Å²) in [5.74, 6) is -0.249. The molecule has 0 spiro atoms. The summed E-state index contributed by atoms with van der Waals surface area (Å²) < 4.78 is 1.95. The molecule has 4 heteroatoms. The van der Waals surface area contributed by atoms with E-state index in [1.165, 1.54) is 22.3 Å². The van der Waals surface area contributed by atoms with Gasteiger partial charge in [0.2, 0.25) is 5.43 Å². The molecular weight excluding hydrogens is 396 g/mol. The van der Waals surface area contributed by atoms with Gasteiger partial charge in [-0.2, -0.15) is 0 Å². The number of hydrogen-bond donors (Lipinski definition) is 0. The van der Waals surface area contributed by atoms with Crippen LogP contribution in [0.3, 0.4) is 0 Å². The molecule has 162 valence electrons. The first-order valence-electron chi connectivity index (χ1n) is 10.8. The number of aromatic nitrogens is 2. The number of ketones is 1. The maximum absolute atomic E-state index is 13.5. The average molecular weight is 425 g/mol. The summed E-state index contributed by atoms with van der Waals surface area (Å²) in [6, 6.07) is 13.6. The second-order valence-corrected chi connectivity index (χ2v) is 8.85. The molecule has 0 radical (unpaired) electrons. The number of benzene rings is 2. The van der Waals surface area contributed by atoms with Crippen LogP contribution in [0.15, 0.2) is 53.5 Å². The van der Waals surface area contributed by atoms with Gasteiger partial charge in [0.05, 0.1) is 10.9 Å². The third-order valence-electron chi connectivity index (χ3n) is 6.10. The monoisotopic (exact) mass is 424 g/mol. The lowest BCUT2D eigenvalue weighted by Gasteiger charge is -2.17. The molecule has 2 aromatic carbocycles. The van der Waals surface area contributed by atoms with Crippen LogP contribution < -0.4 is 5.43 Å². The third-order valence-corrected chi connectivity index (χ3v) is 6.10. The highest BCUT2D eigenvalue weighted by atomic mass is 16.1. The molecule has 0 aliphatic carbocycles. The summed E-state index contributed by atoms with van der Waals surface area (Å²) >= 11 is 0. The van der Waals surface area contributed by atoms with E-state index in [0.29, 0.717) is 23.1 Å². The number of pyridine rings is 2. The van der Waals surface area contributed by atoms with Crippen molar-refractivity contribution in [3.05, 3.63) is 109 Å². The zero-order valence-electron chi connectivity index (χ0n) is 19.5. The van der Waals surface area contributed by atoms with E-state index < -0.39 is 0 Å². The van der Waals surface area contributed by atoms with Gasteiger partial charge < -0.3 is 4.57 Å². The van der Waals surface area contributed by atoms with Gasteiger partial charge in [-0.3, -0.25) is 9.59 Å². The van der Waals surface area contributed by atoms with E-state index in [-0.39, 0.29) is 16.8 Å². The minimum Gasteiger partial charge on any atom is -0.327 e. The molecule has 2 aromatic heterocycles. The number of rotatable bonds is 4. The van der Waals surface area contributed by atoms with E-state index in [0.717, 1.165) is 16.8 Å². The summed E-state index contributed by atoms with van der Waals surface area (Å²) in [6.07, 6.45) is 1.69. The zero-order chi connectivity index (χ0) is 23.2. The van der Waals surface area contributed by atoms with Gasteiger partial charge >= 0.3 is 0 Å². The van der Waals surface area contributed by atoms with E-state index in [2.05, 4.69) is 37.9 Å². The fraction of sp³-hybridized carbons (Fsp3) is 0.250. The van der Waals surface area contributed by atoms with Gasteiger partial charge in [0, 0.05) is 24.0 Å². The van der Waals surface area contributed by atoms with Crippen molar-refractivity contribution in [1.82, 2.24) is 9.55 Å². The highest BCUT2D eigenvalue weighted by Gasteiger charge is 2.20. The lowest BCUT2D eigenvalue weighted by atomic mass is 9.97. The predicted octanol–water partition coefficient (Wildman–Crippen LogP) is 5.53. The first-order chi connectivity index (χ1) is 15.2. The van der Waals surface area contributed by atoms with Gasteiger partial charge in [-0.15, -0.1) is 0 Å². The van der Waals surface area contributed by atoms with Gasteiger partial charge in [-0.25, -0.2) is 4.98 Å². The van der Waals surface area contributed by atoms with Crippen molar-refractivity contribution in [1.29, 1.82) is 0 Å². The van der Waals surface area contributed by atoms with Crippen LogP contribution in [0.4, 0.5) is 0 Å². The Bertz CT molecular complexity index is 1420. The smallest absolute Gasteiger partial charge is 0.202 e. The molecule has 4 aromatic rings. The van der Waals surface area contributed by atoms with E-state index in [1.807, 2.05) is 49.6 Å². The van der Waals surface area contributed by atoms with Crippen molar-refractivity contribution in [2.24, 2.45) is 0 Å². The Morgan fingerprint density at radius 2 is 1.47 bits per heavy atom. The first-order valence-corrected chi connectivity index (χ1v) is 10.8. The lowest BCUT2D eigenvalue weighted by molar-refractivity contribution is 0.103. The molecule has 0 aliphatic heterocycles. The molecule has 0 N–H and O–H groups in total. The molecule has 0 amide bonds. The predicted molar refractivity (Wildman–Crippen MR) is 130 cm³/mol. The Morgan fingerprint density at radius 3 is 2.12 bits per heavy atom. The van der Waals surface area contributed by atoms with Crippen LogP contribution in [0.5, 0.6) is 0 Å². The largest absolute Gasteiger partial charge is 0.327 e. The van der Waals surface area contributed by atoms with Gasteiger partial charge in [0.1, 0.15) is 5.65 Å². The summed E-state index contributed by atoms with van der Waals surface area (Å²) in [5.41, 5.74) is 8.61. The van der Waals surface area contributed by atoms with Crippen LogP contribution in [-0.2, 0) is 6.54 Å². The van der Waals surface area contributed by atoms with Crippen LogP contribution in [0, 0.1) is 41.5 Å². The Hall–Kier alpha value is -3.53. The Morgan fingerprint density at radius 1 is 0.812 bits per heavy atom. The van der Waals surface area contributed by atoms with E-state index in [1.54, 1.807) is 12.3 Å². The molecule has 0 bridgehead atoms. The maximum atomic E-state index is 13.5. The number of fused-ring (bicyclic) bond motifs is 1. The van der Waals surface area contributed by atoms with E-state index >= 15 is 0 Å². The fourth-order valence-electron chi connectivity index (χ4n) is 4.49. The molecule has 0 saturated carbocycles. The summed E-state index contributed by atoms with van der Waals surface area (Å²) in [6.45, 7) is 12.6. The minimum atomic E-state index is -0.272. The van der Waals surface area contributed by atoms with Gasteiger partial charge in [-0.1, -0.05) is 41.5 Å². The van der Waals surface area contributed by atoms with Gasteiger partial charge in [-0.05, 0) is 75.9 Å². The molecule has 0 atom stereocenters. The maximum Gasteiger partial charge on any atom is 0.202 e. The normalized spacial score (nSPS) is 11.2. The van der Waals surface area contributed by atoms with Crippen molar-refractivity contribution >= 4 is 16.8 Å². The van der Waals surface area contributed by atoms with Crippen LogP contribution in [0.1, 0.15) is 55.0 Å². The van der Waals surface area contributed by atoms with E-state index in [4.69, 9.17) is 0 Å². The molecule has 4 nitrogen and oxygen atoms in total. The summed E-state index contributed by atoms with van der Waals surface area (Å²) in [4.78, 5) is 31.5. The highest BCUT2D eigenvalue weighted by molar-refractivity contribution is 6.10. The van der Waals surface area contributed by atoms with Gasteiger partial charge in [0.15, 0.2) is 5.78 Å². The third kappa shape index (κ3) is 3.89. The fourth-order valence-corrected chi connectivity index (χ4v) is 4.49. The second-order valence-electron chi connectivity index (χ2n) is 8.85. The van der Waals surface area contributed by atoms with Crippen molar-refractivity contribution in [3.8, 4) is 0 Å². The van der Waals surface area contributed by atoms with Crippen LogP contribution in [0.25, 0.3) is 11.0 Å². The van der Waals surface area contributed by atoms with Crippen LogP contribution in [-0.4, -0.2) is 15.3 Å².